The first kappa shape index (κ1) is 19.7. The summed E-state index contributed by atoms with van der Waals surface area (Å²) < 4.78 is 5.47. The molecule has 0 saturated carbocycles. The summed E-state index contributed by atoms with van der Waals surface area (Å²) in [6.45, 7) is 8.13. The van der Waals surface area contributed by atoms with E-state index < -0.39 is 5.60 Å². The molecule has 0 spiro atoms. The quantitative estimate of drug-likeness (QED) is 0.818. The number of hydrogen-bond acceptors (Lipinski definition) is 3. The minimum Gasteiger partial charge on any atom is -0.444 e. The third kappa shape index (κ3) is 5.72. The number of rotatable bonds is 4. The SMILES string of the molecule is CC(C)(C)OC(=O)NC1CN(Cc2ccccc2)CC1c1ccc(Cl)cc1. The average molecular weight is 387 g/mol. The van der Waals surface area contributed by atoms with Gasteiger partial charge in [0.15, 0.2) is 0 Å². The van der Waals surface area contributed by atoms with E-state index in [9.17, 15) is 4.79 Å². The van der Waals surface area contributed by atoms with Gasteiger partial charge in [-0.3, -0.25) is 4.90 Å². The van der Waals surface area contributed by atoms with Crippen molar-refractivity contribution in [1.29, 1.82) is 0 Å². The maximum Gasteiger partial charge on any atom is 0.407 e. The maximum atomic E-state index is 12.3. The minimum atomic E-state index is -0.512. The molecule has 2 atom stereocenters. The largest absolute Gasteiger partial charge is 0.444 e. The van der Waals surface area contributed by atoms with Crippen LogP contribution in [-0.2, 0) is 11.3 Å². The van der Waals surface area contributed by atoms with Gasteiger partial charge in [0.05, 0.1) is 6.04 Å². The van der Waals surface area contributed by atoms with Gasteiger partial charge in [0.2, 0.25) is 0 Å². The number of likely N-dealkylation sites (tertiary alicyclic amines) is 1. The summed E-state index contributed by atoms with van der Waals surface area (Å²) in [6.07, 6.45) is -0.368. The van der Waals surface area contributed by atoms with Crippen LogP contribution in [0.4, 0.5) is 4.79 Å². The summed E-state index contributed by atoms with van der Waals surface area (Å²) in [5, 5.41) is 3.80. The monoisotopic (exact) mass is 386 g/mol. The molecule has 1 heterocycles. The molecule has 0 aliphatic carbocycles. The predicted octanol–water partition coefficient (Wildman–Crippen LogP) is 4.83. The van der Waals surface area contributed by atoms with Crippen LogP contribution < -0.4 is 5.32 Å². The fraction of sp³-hybridized carbons (Fsp3) is 0.409. The van der Waals surface area contributed by atoms with Crippen LogP contribution in [0.15, 0.2) is 54.6 Å². The topological polar surface area (TPSA) is 41.6 Å². The summed E-state index contributed by atoms with van der Waals surface area (Å²) in [5.74, 6) is 0.193. The highest BCUT2D eigenvalue weighted by molar-refractivity contribution is 6.30. The Morgan fingerprint density at radius 3 is 2.41 bits per heavy atom. The van der Waals surface area contributed by atoms with Crippen molar-refractivity contribution in [1.82, 2.24) is 10.2 Å². The highest BCUT2D eigenvalue weighted by Crippen LogP contribution is 2.30. The van der Waals surface area contributed by atoms with Crippen LogP contribution in [0.3, 0.4) is 0 Å². The van der Waals surface area contributed by atoms with Gasteiger partial charge >= 0.3 is 6.09 Å². The Balaban J connectivity index is 1.74. The zero-order chi connectivity index (χ0) is 19.4. The Morgan fingerprint density at radius 2 is 1.78 bits per heavy atom. The lowest BCUT2D eigenvalue weighted by Gasteiger charge is -2.24. The lowest BCUT2D eigenvalue weighted by atomic mass is 9.94. The van der Waals surface area contributed by atoms with Crippen LogP contribution in [0.2, 0.25) is 5.02 Å². The smallest absolute Gasteiger partial charge is 0.407 e. The van der Waals surface area contributed by atoms with E-state index in [1.165, 1.54) is 11.1 Å². The van der Waals surface area contributed by atoms with E-state index >= 15 is 0 Å². The lowest BCUT2D eigenvalue weighted by molar-refractivity contribution is 0.0502. The second-order valence-electron chi connectivity index (χ2n) is 8.09. The number of hydrogen-bond donors (Lipinski definition) is 1. The maximum absolute atomic E-state index is 12.3. The number of carbonyl (C=O) groups excluding carboxylic acids is 1. The fourth-order valence-electron chi connectivity index (χ4n) is 3.51. The number of nitrogens with one attached hydrogen (secondary N) is 1. The highest BCUT2D eigenvalue weighted by Gasteiger charge is 2.35. The molecular formula is C22H27ClN2O2. The Hall–Kier alpha value is -2.04. The van der Waals surface area contributed by atoms with Crippen LogP contribution in [0.1, 0.15) is 37.8 Å². The molecule has 1 aliphatic heterocycles. The summed E-state index contributed by atoms with van der Waals surface area (Å²) in [5.41, 5.74) is 1.93. The number of nitrogens with zero attached hydrogens (tertiary/aromatic N) is 1. The van der Waals surface area contributed by atoms with E-state index in [0.29, 0.717) is 0 Å². The molecule has 144 valence electrons. The van der Waals surface area contributed by atoms with Gasteiger partial charge in [0, 0.05) is 30.6 Å². The molecule has 0 radical (unpaired) electrons. The first-order valence-electron chi connectivity index (χ1n) is 9.31. The average Bonchev–Trinajstić information content (AvgIpc) is 2.97. The van der Waals surface area contributed by atoms with Gasteiger partial charge < -0.3 is 10.1 Å². The van der Waals surface area contributed by atoms with E-state index in [1.54, 1.807) is 0 Å². The number of amides is 1. The van der Waals surface area contributed by atoms with Gasteiger partial charge in [-0.2, -0.15) is 0 Å². The molecule has 1 amide bonds. The zero-order valence-electron chi connectivity index (χ0n) is 16.1. The first-order chi connectivity index (χ1) is 12.8. The number of ether oxygens (including phenoxy) is 1. The Kier molecular flexibility index (Phi) is 6.08. The third-order valence-corrected chi connectivity index (χ3v) is 4.90. The van der Waals surface area contributed by atoms with Crippen molar-refractivity contribution in [2.75, 3.05) is 13.1 Å². The van der Waals surface area contributed by atoms with Crippen molar-refractivity contribution in [3.05, 3.63) is 70.7 Å². The van der Waals surface area contributed by atoms with E-state index in [1.807, 2.05) is 51.1 Å². The lowest BCUT2D eigenvalue weighted by Crippen LogP contribution is -2.42. The van der Waals surface area contributed by atoms with Crippen molar-refractivity contribution in [2.24, 2.45) is 0 Å². The van der Waals surface area contributed by atoms with E-state index in [4.69, 9.17) is 16.3 Å². The molecule has 5 heteroatoms. The van der Waals surface area contributed by atoms with Crippen molar-refractivity contribution in [2.45, 2.75) is 44.9 Å². The van der Waals surface area contributed by atoms with Gasteiger partial charge in [-0.05, 0) is 44.0 Å². The van der Waals surface area contributed by atoms with Crippen LogP contribution in [0.5, 0.6) is 0 Å². The standard InChI is InChI=1S/C22H27ClN2O2/c1-22(2,3)27-21(26)24-20-15-25(13-16-7-5-4-6-8-16)14-19(20)17-9-11-18(23)12-10-17/h4-12,19-20H,13-15H2,1-3H3,(H,24,26). The normalized spacial score (nSPS) is 20.4. The molecule has 27 heavy (non-hydrogen) atoms. The molecule has 1 fully saturated rings. The van der Waals surface area contributed by atoms with Crippen LogP contribution in [-0.4, -0.2) is 35.7 Å². The van der Waals surface area contributed by atoms with Gasteiger partial charge in [-0.25, -0.2) is 4.79 Å². The van der Waals surface area contributed by atoms with Crippen molar-refractivity contribution < 1.29 is 9.53 Å². The molecule has 4 nitrogen and oxygen atoms in total. The second kappa shape index (κ2) is 8.32. The van der Waals surface area contributed by atoms with Crippen molar-refractivity contribution in [3.8, 4) is 0 Å². The summed E-state index contributed by atoms with van der Waals surface area (Å²) in [6, 6.07) is 18.3. The van der Waals surface area contributed by atoms with Gasteiger partial charge in [0.1, 0.15) is 5.60 Å². The number of benzene rings is 2. The van der Waals surface area contributed by atoms with Crippen molar-refractivity contribution >= 4 is 17.7 Å². The van der Waals surface area contributed by atoms with Gasteiger partial charge in [-0.15, -0.1) is 0 Å². The first-order valence-corrected chi connectivity index (χ1v) is 9.69. The van der Waals surface area contributed by atoms with E-state index in [0.717, 1.165) is 24.7 Å². The molecule has 2 unspecified atom stereocenters. The molecule has 0 aromatic heterocycles. The minimum absolute atomic E-state index is 0.00950. The van der Waals surface area contributed by atoms with Crippen LogP contribution in [0.25, 0.3) is 0 Å². The highest BCUT2D eigenvalue weighted by atomic mass is 35.5. The molecule has 1 N–H and O–H groups in total. The van der Waals surface area contributed by atoms with E-state index in [-0.39, 0.29) is 18.1 Å². The Bertz CT molecular complexity index is 756. The number of carbonyl (C=O) groups is 1. The molecule has 2 aromatic rings. The Morgan fingerprint density at radius 1 is 1.11 bits per heavy atom. The molecule has 1 aliphatic rings. The summed E-state index contributed by atoms with van der Waals surface area (Å²) >= 11 is 6.05. The summed E-state index contributed by atoms with van der Waals surface area (Å²) in [4.78, 5) is 14.7. The third-order valence-electron chi connectivity index (χ3n) is 4.64. The van der Waals surface area contributed by atoms with Crippen LogP contribution in [0, 0.1) is 0 Å². The van der Waals surface area contributed by atoms with Crippen LogP contribution >= 0.6 is 11.6 Å². The molecule has 2 aromatic carbocycles. The zero-order valence-corrected chi connectivity index (χ0v) is 16.9. The second-order valence-corrected chi connectivity index (χ2v) is 8.53. The molecular weight excluding hydrogens is 360 g/mol. The fourth-order valence-corrected chi connectivity index (χ4v) is 3.63. The van der Waals surface area contributed by atoms with Gasteiger partial charge in [-0.1, -0.05) is 54.1 Å². The van der Waals surface area contributed by atoms with E-state index in [2.05, 4.69) is 34.5 Å². The Labute approximate surface area is 166 Å². The predicted molar refractivity (Wildman–Crippen MR) is 109 cm³/mol. The number of alkyl carbamates (subject to hydrolysis) is 1. The molecule has 1 saturated heterocycles. The molecule has 0 bridgehead atoms. The number of halogens is 1. The van der Waals surface area contributed by atoms with Crippen molar-refractivity contribution in [3.63, 3.8) is 0 Å². The summed E-state index contributed by atoms with van der Waals surface area (Å²) in [7, 11) is 0. The van der Waals surface area contributed by atoms with Gasteiger partial charge in [0.25, 0.3) is 0 Å². The molecule has 3 rings (SSSR count).